The van der Waals surface area contributed by atoms with Crippen molar-refractivity contribution < 1.29 is 14.3 Å². The van der Waals surface area contributed by atoms with Gasteiger partial charge in [-0.3, -0.25) is 0 Å². The van der Waals surface area contributed by atoms with Crippen LogP contribution in [0.4, 0.5) is 10.6 Å². The number of nitrogens with zero attached hydrogens (tertiary/aromatic N) is 4. The van der Waals surface area contributed by atoms with E-state index in [1.807, 2.05) is 16.8 Å². The molecule has 0 spiro atoms. The summed E-state index contributed by atoms with van der Waals surface area (Å²) in [5.41, 5.74) is 6.54. The summed E-state index contributed by atoms with van der Waals surface area (Å²) in [6.07, 6.45) is 0. The molecule has 0 radical (unpaired) electrons. The lowest BCUT2D eigenvalue weighted by Crippen LogP contribution is -2.46. The van der Waals surface area contributed by atoms with Crippen LogP contribution in [0.2, 0.25) is 0 Å². The lowest BCUT2D eigenvalue weighted by molar-refractivity contribution is 0.0429. The maximum atomic E-state index is 13.1. The Hall–Kier alpha value is -3.69. The van der Waals surface area contributed by atoms with Crippen LogP contribution in [-0.4, -0.2) is 66.3 Å². The third-order valence-electron chi connectivity index (χ3n) is 6.93. The first-order valence-corrected chi connectivity index (χ1v) is 12.7. The number of aromatic nitrogens is 2. The number of nitrogens with one attached hydrogen (secondary N) is 2. The van der Waals surface area contributed by atoms with E-state index in [-0.39, 0.29) is 12.1 Å². The van der Waals surface area contributed by atoms with E-state index in [1.165, 1.54) is 16.7 Å². The van der Waals surface area contributed by atoms with E-state index in [0.29, 0.717) is 51.2 Å². The first kappa shape index (κ1) is 25.0. The van der Waals surface area contributed by atoms with Crippen LogP contribution in [0, 0.1) is 0 Å². The van der Waals surface area contributed by atoms with Crippen molar-refractivity contribution in [3.63, 3.8) is 0 Å². The number of urea groups is 1. The van der Waals surface area contributed by atoms with Crippen LogP contribution in [0.3, 0.4) is 0 Å². The van der Waals surface area contributed by atoms with Gasteiger partial charge in [0.2, 0.25) is 0 Å². The van der Waals surface area contributed by atoms with Gasteiger partial charge >= 0.3 is 12.0 Å². The predicted molar refractivity (Wildman–Crippen MR) is 142 cm³/mol. The minimum atomic E-state index is -0.0240. The standard InChI is InChI=1S/C28H34N6O3/c1-19(20-8-6-9-21(15-20)23-10-5-4-7-22(23)16-29-2)30-26-24-17-34(18-25(24)31-27(32-26)36-3)28(35)33-11-13-37-14-12-33/h4-10,15,19,29H,11-14,16-18H2,1-3H3,(H,30,31,32). The molecule has 0 bridgehead atoms. The van der Waals surface area contributed by atoms with Crippen LogP contribution in [-0.2, 0) is 24.4 Å². The summed E-state index contributed by atoms with van der Waals surface area (Å²) in [5.74, 6) is 0.701. The van der Waals surface area contributed by atoms with Crippen molar-refractivity contribution in [2.75, 3.05) is 45.8 Å². The number of fused-ring (bicyclic) bond motifs is 1. The number of morpholine rings is 1. The van der Waals surface area contributed by atoms with Gasteiger partial charge in [-0.25, -0.2) is 4.79 Å². The molecule has 5 rings (SSSR count). The molecule has 2 amide bonds. The van der Waals surface area contributed by atoms with Gasteiger partial charge < -0.3 is 29.9 Å². The number of carbonyl (C=O) groups is 1. The summed E-state index contributed by atoms with van der Waals surface area (Å²) in [6, 6.07) is 17.3. The fourth-order valence-electron chi connectivity index (χ4n) is 4.94. The number of hydrogen-bond acceptors (Lipinski definition) is 7. The minimum absolute atomic E-state index is 0.00667. The molecular formula is C28H34N6O3. The van der Waals surface area contributed by atoms with Gasteiger partial charge in [0, 0.05) is 31.2 Å². The van der Waals surface area contributed by atoms with Crippen molar-refractivity contribution in [2.24, 2.45) is 0 Å². The molecule has 194 valence electrons. The average molecular weight is 503 g/mol. The number of hydrogen-bond donors (Lipinski definition) is 2. The fraction of sp³-hybridized carbons (Fsp3) is 0.393. The molecule has 2 aliphatic rings. The highest BCUT2D eigenvalue weighted by Gasteiger charge is 2.32. The third kappa shape index (κ3) is 5.38. The Kier molecular flexibility index (Phi) is 7.52. The van der Waals surface area contributed by atoms with Gasteiger partial charge in [0.05, 0.1) is 39.1 Å². The van der Waals surface area contributed by atoms with E-state index in [0.717, 1.165) is 23.4 Å². The highest BCUT2D eigenvalue weighted by Crippen LogP contribution is 2.33. The number of amides is 2. The third-order valence-corrected chi connectivity index (χ3v) is 6.93. The number of carbonyl (C=O) groups excluding carboxylic acids is 1. The summed E-state index contributed by atoms with van der Waals surface area (Å²) in [6.45, 7) is 6.18. The van der Waals surface area contributed by atoms with Gasteiger partial charge in [-0.15, -0.1) is 0 Å². The molecule has 1 aromatic heterocycles. The van der Waals surface area contributed by atoms with E-state index in [2.05, 4.69) is 76.1 Å². The zero-order chi connectivity index (χ0) is 25.8. The molecule has 9 nitrogen and oxygen atoms in total. The van der Waals surface area contributed by atoms with Gasteiger partial charge in [-0.05, 0) is 42.3 Å². The molecule has 2 aromatic carbocycles. The quantitative estimate of drug-likeness (QED) is 0.508. The van der Waals surface area contributed by atoms with Crippen LogP contribution in [0.5, 0.6) is 6.01 Å². The van der Waals surface area contributed by atoms with Crippen molar-refractivity contribution in [1.82, 2.24) is 25.1 Å². The number of ether oxygens (including phenoxy) is 2. The topological polar surface area (TPSA) is 91.9 Å². The Bertz CT molecular complexity index is 1260. The molecule has 2 N–H and O–H groups in total. The molecular weight excluding hydrogens is 468 g/mol. The normalized spacial score (nSPS) is 15.9. The molecule has 1 saturated heterocycles. The Morgan fingerprint density at radius 2 is 1.89 bits per heavy atom. The van der Waals surface area contributed by atoms with E-state index in [1.54, 1.807) is 7.11 Å². The second-order valence-corrected chi connectivity index (χ2v) is 9.40. The van der Waals surface area contributed by atoms with Crippen molar-refractivity contribution in [1.29, 1.82) is 0 Å². The molecule has 37 heavy (non-hydrogen) atoms. The maximum Gasteiger partial charge on any atom is 0.320 e. The molecule has 3 heterocycles. The summed E-state index contributed by atoms with van der Waals surface area (Å²) >= 11 is 0. The lowest BCUT2D eigenvalue weighted by Gasteiger charge is -2.30. The number of benzene rings is 2. The number of rotatable bonds is 7. The van der Waals surface area contributed by atoms with Gasteiger partial charge in [-0.2, -0.15) is 9.97 Å². The molecule has 1 atom stereocenters. The number of methoxy groups -OCH3 is 1. The van der Waals surface area contributed by atoms with E-state index in [9.17, 15) is 4.79 Å². The predicted octanol–water partition coefficient (Wildman–Crippen LogP) is 3.81. The number of anilines is 1. The summed E-state index contributed by atoms with van der Waals surface area (Å²) in [7, 11) is 3.52. The van der Waals surface area contributed by atoms with Gasteiger partial charge in [0.1, 0.15) is 5.82 Å². The van der Waals surface area contributed by atoms with Crippen LogP contribution in [0.15, 0.2) is 48.5 Å². The largest absolute Gasteiger partial charge is 0.467 e. The second-order valence-electron chi connectivity index (χ2n) is 9.40. The summed E-state index contributed by atoms with van der Waals surface area (Å²) in [4.78, 5) is 26.0. The molecule has 1 unspecified atom stereocenters. The van der Waals surface area contributed by atoms with Crippen molar-refractivity contribution in [2.45, 2.75) is 32.6 Å². The van der Waals surface area contributed by atoms with E-state index in [4.69, 9.17) is 9.47 Å². The maximum absolute atomic E-state index is 13.1. The Labute approximate surface area is 217 Å². The van der Waals surface area contributed by atoms with Crippen LogP contribution < -0.4 is 15.4 Å². The van der Waals surface area contributed by atoms with Crippen molar-refractivity contribution >= 4 is 11.8 Å². The highest BCUT2D eigenvalue weighted by atomic mass is 16.5. The van der Waals surface area contributed by atoms with E-state index < -0.39 is 0 Å². The molecule has 2 aliphatic heterocycles. The van der Waals surface area contributed by atoms with E-state index >= 15 is 0 Å². The van der Waals surface area contributed by atoms with Gasteiger partial charge in [0.15, 0.2) is 0 Å². The Balaban J connectivity index is 1.38. The molecule has 0 saturated carbocycles. The van der Waals surface area contributed by atoms with Crippen molar-refractivity contribution in [3.05, 3.63) is 70.9 Å². The van der Waals surface area contributed by atoms with Crippen molar-refractivity contribution in [3.8, 4) is 17.1 Å². The Morgan fingerprint density at radius 1 is 1.08 bits per heavy atom. The first-order chi connectivity index (χ1) is 18.1. The molecule has 1 fully saturated rings. The van der Waals surface area contributed by atoms with Crippen LogP contribution in [0.25, 0.3) is 11.1 Å². The average Bonchev–Trinajstić information content (AvgIpc) is 3.38. The van der Waals surface area contributed by atoms with Gasteiger partial charge in [-0.1, -0.05) is 42.5 Å². The SMILES string of the molecule is CNCc1ccccc1-c1cccc(C(C)Nc2nc(OC)nc3c2CN(C(=O)N2CCOCC2)C3)c1. The smallest absolute Gasteiger partial charge is 0.320 e. The molecule has 9 heteroatoms. The van der Waals surface area contributed by atoms with Gasteiger partial charge in [0.25, 0.3) is 0 Å². The fourth-order valence-corrected chi connectivity index (χ4v) is 4.94. The summed E-state index contributed by atoms with van der Waals surface area (Å²) in [5, 5.41) is 6.83. The van der Waals surface area contributed by atoms with Crippen LogP contribution >= 0.6 is 0 Å². The highest BCUT2D eigenvalue weighted by molar-refractivity contribution is 5.76. The zero-order valence-electron chi connectivity index (χ0n) is 21.7. The monoisotopic (exact) mass is 502 g/mol. The summed E-state index contributed by atoms with van der Waals surface area (Å²) < 4.78 is 10.8. The van der Waals surface area contributed by atoms with Crippen LogP contribution in [0.1, 0.15) is 35.3 Å². The second kappa shape index (κ2) is 11.1. The first-order valence-electron chi connectivity index (χ1n) is 12.7. The molecule has 0 aliphatic carbocycles. The molecule has 3 aromatic rings. The lowest BCUT2D eigenvalue weighted by atomic mass is 9.96. The Morgan fingerprint density at radius 3 is 2.68 bits per heavy atom. The minimum Gasteiger partial charge on any atom is -0.467 e. The zero-order valence-corrected chi connectivity index (χ0v) is 21.7.